The lowest BCUT2D eigenvalue weighted by Gasteiger charge is -2.22. The zero-order valence-electron chi connectivity index (χ0n) is 19.9. The van der Waals surface area contributed by atoms with Crippen molar-refractivity contribution in [2.45, 2.75) is 142 Å². The van der Waals surface area contributed by atoms with Crippen molar-refractivity contribution in [2.75, 3.05) is 13.1 Å². The van der Waals surface area contributed by atoms with Gasteiger partial charge in [0.2, 0.25) is 0 Å². The van der Waals surface area contributed by atoms with Gasteiger partial charge in [0.15, 0.2) is 0 Å². The molecule has 0 aliphatic heterocycles. The van der Waals surface area contributed by atoms with E-state index in [1.807, 2.05) is 0 Å². The summed E-state index contributed by atoms with van der Waals surface area (Å²) >= 11 is 9.80. The van der Waals surface area contributed by atoms with Crippen LogP contribution >= 0.6 is 38.3 Å². The molecule has 176 valence electrons. The van der Waals surface area contributed by atoms with E-state index in [9.17, 15) is 0 Å². The van der Waals surface area contributed by atoms with Gasteiger partial charge in [-0.1, -0.05) is 142 Å². The fourth-order valence-corrected chi connectivity index (χ4v) is 4.27. The predicted molar refractivity (Wildman–Crippen MR) is 147 cm³/mol. The molecule has 29 heavy (non-hydrogen) atoms. The number of nitrogens with zero attached hydrogens (tertiary/aromatic N) is 1. The van der Waals surface area contributed by atoms with Gasteiger partial charge >= 0.3 is 0 Å². The molecular formula is C25H53NS3. The van der Waals surface area contributed by atoms with Crippen LogP contribution in [0, 0.1) is 0 Å². The highest BCUT2D eigenvalue weighted by molar-refractivity contribution is 8.10. The third-order valence-electron chi connectivity index (χ3n) is 5.83. The standard InChI is InChI=1S/C25H51NS2.H2S/c1-3-5-7-9-11-13-15-17-19-21-23-26(25(27)28)24-22-20-18-16-14-12-10-8-6-4-2;/h3-24H2,1-2H3,(H,27,28);1H2. The van der Waals surface area contributed by atoms with Crippen LogP contribution in [0.3, 0.4) is 0 Å². The molecule has 0 amide bonds. The molecule has 4 heteroatoms. The van der Waals surface area contributed by atoms with E-state index in [0.29, 0.717) is 0 Å². The van der Waals surface area contributed by atoms with Crippen LogP contribution in [0.5, 0.6) is 0 Å². The minimum atomic E-state index is 0. The maximum absolute atomic E-state index is 5.35. The van der Waals surface area contributed by atoms with Crippen molar-refractivity contribution in [1.82, 2.24) is 4.90 Å². The van der Waals surface area contributed by atoms with Crippen molar-refractivity contribution in [1.29, 1.82) is 0 Å². The minimum Gasteiger partial charge on any atom is -0.358 e. The molecule has 0 aliphatic rings. The highest BCUT2D eigenvalue weighted by Crippen LogP contribution is 2.13. The Morgan fingerprint density at radius 1 is 0.517 bits per heavy atom. The predicted octanol–water partition coefficient (Wildman–Crippen LogP) is 9.46. The minimum absolute atomic E-state index is 0. The Morgan fingerprint density at radius 3 is 1.00 bits per heavy atom. The van der Waals surface area contributed by atoms with E-state index in [2.05, 4.69) is 31.4 Å². The summed E-state index contributed by atoms with van der Waals surface area (Å²) in [5.41, 5.74) is 0. The van der Waals surface area contributed by atoms with E-state index >= 15 is 0 Å². The third kappa shape index (κ3) is 24.7. The van der Waals surface area contributed by atoms with E-state index in [0.717, 1.165) is 17.4 Å². The van der Waals surface area contributed by atoms with Gasteiger partial charge in [-0.05, 0) is 12.8 Å². The van der Waals surface area contributed by atoms with Gasteiger partial charge in [-0.15, -0.1) is 12.6 Å². The molecule has 0 fully saturated rings. The Labute approximate surface area is 202 Å². The van der Waals surface area contributed by atoms with Gasteiger partial charge in [0.1, 0.15) is 4.32 Å². The zero-order chi connectivity index (χ0) is 20.7. The lowest BCUT2D eigenvalue weighted by Crippen LogP contribution is -2.28. The van der Waals surface area contributed by atoms with Crippen molar-refractivity contribution in [3.05, 3.63) is 0 Å². The van der Waals surface area contributed by atoms with E-state index in [4.69, 9.17) is 12.2 Å². The van der Waals surface area contributed by atoms with Gasteiger partial charge in [0, 0.05) is 13.1 Å². The van der Waals surface area contributed by atoms with E-state index < -0.39 is 0 Å². The molecule has 0 bridgehead atoms. The Kier molecular flexibility index (Phi) is 29.2. The van der Waals surface area contributed by atoms with Crippen molar-refractivity contribution in [2.24, 2.45) is 0 Å². The molecule has 0 rings (SSSR count). The Bertz CT molecular complexity index is 299. The monoisotopic (exact) mass is 463 g/mol. The summed E-state index contributed by atoms with van der Waals surface area (Å²) < 4.78 is 0.798. The highest BCUT2D eigenvalue weighted by atomic mass is 32.1. The van der Waals surface area contributed by atoms with Crippen LogP contribution in [-0.2, 0) is 0 Å². The molecule has 0 aliphatic carbocycles. The summed E-state index contributed by atoms with van der Waals surface area (Å²) in [6.07, 6.45) is 27.8. The van der Waals surface area contributed by atoms with Crippen molar-refractivity contribution < 1.29 is 0 Å². The second-order valence-corrected chi connectivity index (χ2v) is 9.75. The van der Waals surface area contributed by atoms with Crippen molar-refractivity contribution >= 4 is 42.7 Å². The third-order valence-corrected chi connectivity index (χ3v) is 6.37. The maximum atomic E-state index is 5.35. The Hall–Kier alpha value is 0.590. The first-order valence-electron chi connectivity index (χ1n) is 12.7. The molecule has 0 aromatic carbocycles. The fourth-order valence-electron chi connectivity index (χ4n) is 3.88. The van der Waals surface area contributed by atoms with Crippen LogP contribution in [0.4, 0.5) is 0 Å². The largest absolute Gasteiger partial charge is 0.358 e. The topological polar surface area (TPSA) is 3.24 Å². The molecule has 0 radical (unpaired) electrons. The number of unbranched alkanes of at least 4 members (excludes halogenated alkanes) is 18. The SMILES string of the molecule is CCCCCCCCCCCCN(CCCCCCCCCCCC)C(=S)S.S. The average Bonchev–Trinajstić information content (AvgIpc) is 2.68. The van der Waals surface area contributed by atoms with Gasteiger partial charge in [-0.25, -0.2) is 0 Å². The van der Waals surface area contributed by atoms with Gasteiger partial charge in [0.25, 0.3) is 0 Å². The number of thiocarbonyl (C=S) groups is 1. The van der Waals surface area contributed by atoms with E-state index in [-0.39, 0.29) is 13.5 Å². The first-order chi connectivity index (χ1) is 13.7. The van der Waals surface area contributed by atoms with E-state index in [1.165, 1.54) is 128 Å². The smallest absolute Gasteiger partial charge is 0.133 e. The molecule has 0 atom stereocenters. The molecule has 0 heterocycles. The molecule has 0 spiro atoms. The zero-order valence-corrected chi connectivity index (χ0v) is 22.6. The van der Waals surface area contributed by atoms with Crippen molar-refractivity contribution in [3.63, 3.8) is 0 Å². The summed E-state index contributed by atoms with van der Waals surface area (Å²) in [6.45, 7) is 6.79. The fraction of sp³-hybridized carbons (Fsp3) is 0.960. The van der Waals surface area contributed by atoms with Crippen LogP contribution < -0.4 is 0 Å². The highest BCUT2D eigenvalue weighted by Gasteiger charge is 2.05. The van der Waals surface area contributed by atoms with Gasteiger partial charge in [0.05, 0.1) is 0 Å². The molecule has 0 aromatic rings. The van der Waals surface area contributed by atoms with Crippen LogP contribution in [0.15, 0.2) is 0 Å². The van der Waals surface area contributed by atoms with Crippen LogP contribution in [0.1, 0.15) is 142 Å². The van der Waals surface area contributed by atoms with E-state index in [1.54, 1.807) is 0 Å². The Balaban J connectivity index is 0. The molecule has 0 aromatic heterocycles. The number of thiol groups is 1. The molecule has 0 saturated heterocycles. The number of hydrogen-bond donors (Lipinski definition) is 1. The molecule has 1 nitrogen and oxygen atoms in total. The molecule has 0 N–H and O–H groups in total. The first-order valence-corrected chi connectivity index (χ1v) is 13.6. The summed E-state index contributed by atoms with van der Waals surface area (Å²) in [6, 6.07) is 0. The summed E-state index contributed by atoms with van der Waals surface area (Å²) in [5, 5.41) is 0. The van der Waals surface area contributed by atoms with Crippen molar-refractivity contribution in [3.8, 4) is 0 Å². The van der Waals surface area contributed by atoms with Gasteiger partial charge < -0.3 is 4.90 Å². The second kappa shape index (κ2) is 26.6. The lowest BCUT2D eigenvalue weighted by atomic mass is 10.1. The van der Waals surface area contributed by atoms with Crippen LogP contribution in [0.25, 0.3) is 0 Å². The molecule has 0 unspecified atom stereocenters. The van der Waals surface area contributed by atoms with Crippen LogP contribution in [0.2, 0.25) is 0 Å². The number of rotatable bonds is 22. The Morgan fingerprint density at radius 2 is 0.759 bits per heavy atom. The molecular weight excluding hydrogens is 410 g/mol. The normalized spacial score (nSPS) is 10.7. The quantitative estimate of drug-likeness (QED) is 0.0967. The summed E-state index contributed by atoms with van der Waals surface area (Å²) in [4.78, 5) is 2.33. The molecule has 0 saturated carbocycles. The van der Waals surface area contributed by atoms with Crippen LogP contribution in [-0.4, -0.2) is 22.3 Å². The second-order valence-electron chi connectivity index (χ2n) is 8.63. The average molecular weight is 464 g/mol. The maximum Gasteiger partial charge on any atom is 0.133 e. The summed E-state index contributed by atoms with van der Waals surface area (Å²) in [5.74, 6) is 0. The van der Waals surface area contributed by atoms with Gasteiger partial charge in [-0.2, -0.15) is 13.5 Å². The number of hydrogen-bond acceptors (Lipinski definition) is 1. The lowest BCUT2D eigenvalue weighted by molar-refractivity contribution is 0.394. The van der Waals surface area contributed by atoms with Gasteiger partial charge in [-0.3, -0.25) is 0 Å². The first kappa shape index (κ1) is 31.8. The summed E-state index contributed by atoms with van der Waals surface area (Å²) in [7, 11) is 0.